The Morgan fingerprint density at radius 1 is 1.50 bits per heavy atom. The Balaban J connectivity index is 2.95. The first-order chi connectivity index (χ1) is 9.46. The quantitative estimate of drug-likeness (QED) is 0.561. The molecule has 0 saturated heterocycles. The third-order valence-corrected chi connectivity index (χ3v) is 2.77. The van der Waals surface area contributed by atoms with Gasteiger partial charge >= 0.3 is 5.97 Å². The maximum Gasteiger partial charge on any atom is 0.305 e. The van der Waals surface area contributed by atoms with Crippen molar-refractivity contribution < 1.29 is 19.6 Å². The van der Waals surface area contributed by atoms with Gasteiger partial charge in [-0.1, -0.05) is 13.3 Å². The van der Waals surface area contributed by atoms with Crippen molar-refractivity contribution in [1.29, 1.82) is 0 Å². The third kappa shape index (κ3) is 4.75. The molecule has 0 radical (unpaired) electrons. The fourth-order valence-electron chi connectivity index (χ4n) is 1.91. The second-order valence-corrected chi connectivity index (χ2v) is 4.40. The molecule has 7 heteroatoms. The number of nitrogens with zero attached hydrogens (tertiary/aromatic N) is 1. The molecule has 0 spiro atoms. The van der Waals surface area contributed by atoms with Gasteiger partial charge < -0.3 is 15.2 Å². The summed E-state index contributed by atoms with van der Waals surface area (Å²) in [5, 5.41) is 22.7. The maximum atomic E-state index is 10.8. The molecule has 1 atom stereocenters. The van der Waals surface area contributed by atoms with E-state index < -0.39 is 10.9 Å². The molecule has 1 unspecified atom stereocenters. The first-order valence-electron chi connectivity index (χ1n) is 6.28. The molecular formula is C13H18N2O5. The van der Waals surface area contributed by atoms with Crippen LogP contribution >= 0.6 is 0 Å². The van der Waals surface area contributed by atoms with Gasteiger partial charge in [0.25, 0.3) is 5.69 Å². The molecule has 7 nitrogen and oxygen atoms in total. The van der Waals surface area contributed by atoms with Crippen LogP contribution < -0.4 is 10.1 Å². The highest BCUT2D eigenvalue weighted by atomic mass is 16.6. The van der Waals surface area contributed by atoms with Crippen molar-refractivity contribution in [1.82, 2.24) is 0 Å². The van der Waals surface area contributed by atoms with Gasteiger partial charge in [-0.25, -0.2) is 0 Å². The van der Waals surface area contributed by atoms with Crippen molar-refractivity contribution >= 4 is 17.3 Å². The van der Waals surface area contributed by atoms with Crippen LogP contribution in [0.25, 0.3) is 0 Å². The number of carboxylic acid groups (broad SMARTS) is 1. The lowest BCUT2D eigenvalue weighted by molar-refractivity contribution is -0.384. The lowest BCUT2D eigenvalue weighted by Gasteiger charge is -2.17. The van der Waals surface area contributed by atoms with Gasteiger partial charge in [0.05, 0.1) is 24.5 Å². The Morgan fingerprint density at radius 3 is 2.70 bits per heavy atom. The summed E-state index contributed by atoms with van der Waals surface area (Å²) in [5.74, 6) is -0.555. The maximum absolute atomic E-state index is 10.8. The fourth-order valence-corrected chi connectivity index (χ4v) is 1.91. The van der Waals surface area contributed by atoms with Gasteiger partial charge in [-0.15, -0.1) is 0 Å². The number of ether oxygens (including phenoxy) is 1. The van der Waals surface area contributed by atoms with Crippen LogP contribution in [-0.4, -0.2) is 29.2 Å². The Bertz CT molecular complexity index is 490. The molecule has 0 aromatic heterocycles. The van der Waals surface area contributed by atoms with E-state index in [4.69, 9.17) is 9.84 Å². The van der Waals surface area contributed by atoms with E-state index in [1.54, 1.807) is 6.07 Å². The minimum absolute atomic E-state index is 0.0428. The normalized spacial score (nSPS) is 11.7. The summed E-state index contributed by atoms with van der Waals surface area (Å²) in [7, 11) is 1.42. The average Bonchev–Trinajstić information content (AvgIpc) is 2.37. The second-order valence-electron chi connectivity index (χ2n) is 4.40. The van der Waals surface area contributed by atoms with Crippen LogP contribution in [0.1, 0.15) is 26.2 Å². The fraction of sp³-hybridized carbons (Fsp3) is 0.462. The van der Waals surface area contributed by atoms with Crippen LogP contribution in [0.5, 0.6) is 5.75 Å². The standard InChI is InChI=1S/C13H18N2O5/c1-3-4-9(7-13(16)17)14-10-5-11(15(18)19)8-12(6-10)20-2/h5-6,8-9,14H,3-4,7H2,1-2H3,(H,16,17). The van der Waals surface area contributed by atoms with Crippen LogP contribution in [0.2, 0.25) is 0 Å². The zero-order valence-corrected chi connectivity index (χ0v) is 11.5. The summed E-state index contributed by atoms with van der Waals surface area (Å²) >= 11 is 0. The van der Waals surface area contributed by atoms with Crippen molar-refractivity contribution in [2.45, 2.75) is 32.2 Å². The number of benzene rings is 1. The summed E-state index contributed by atoms with van der Waals surface area (Å²) in [6, 6.07) is 4.02. The van der Waals surface area contributed by atoms with E-state index >= 15 is 0 Å². The molecule has 0 amide bonds. The molecule has 2 N–H and O–H groups in total. The molecular weight excluding hydrogens is 264 g/mol. The lowest BCUT2D eigenvalue weighted by Crippen LogP contribution is -2.23. The molecule has 20 heavy (non-hydrogen) atoms. The van der Waals surface area contributed by atoms with E-state index in [0.29, 0.717) is 17.9 Å². The van der Waals surface area contributed by atoms with Crippen molar-refractivity contribution in [3.8, 4) is 5.75 Å². The minimum Gasteiger partial charge on any atom is -0.496 e. The van der Waals surface area contributed by atoms with E-state index in [-0.39, 0.29) is 18.2 Å². The highest BCUT2D eigenvalue weighted by Gasteiger charge is 2.15. The largest absolute Gasteiger partial charge is 0.496 e. The second kappa shape index (κ2) is 7.32. The number of carboxylic acids is 1. The van der Waals surface area contributed by atoms with E-state index in [1.807, 2.05) is 6.92 Å². The first-order valence-corrected chi connectivity index (χ1v) is 6.28. The summed E-state index contributed by atoms with van der Waals surface area (Å²) < 4.78 is 5.01. The molecule has 0 aliphatic carbocycles. The number of nitro benzene ring substituents is 1. The Morgan fingerprint density at radius 2 is 2.20 bits per heavy atom. The number of hydrogen-bond donors (Lipinski definition) is 2. The van der Waals surface area contributed by atoms with Gasteiger partial charge in [-0.05, 0) is 6.42 Å². The molecule has 1 aromatic carbocycles. The van der Waals surface area contributed by atoms with Crippen LogP contribution in [-0.2, 0) is 4.79 Å². The topological polar surface area (TPSA) is 102 Å². The number of non-ortho nitro benzene ring substituents is 1. The average molecular weight is 282 g/mol. The number of carbonyl (C=O) groups is 1. The minimum atomic E-state index is -0.909. The van der Waals surface area contributed by atoms with Gasteiger partial charge in [0, 0.05) is 23.9 Å². The number of nitrogens with one attached hydrogen (secondary N) is 1. The van der Waals surface area contributed by atoms with Gasteiger partial charge in [0.2, 0.25) is 0 Å². The van der Waals surface area contributed by atoms with Crippen molar-refractivity contribution in [2.24, 2.45) is 0 Å². The molecule has 0 aliphatic heterocycles. The monoisotopic (exact) mass is 282 g/mol. The zero-order valence-electron chi connectivity index (χ0n) is 11.5. The molecule has 110 valence electrons. The smallest absolute Gasteiger partial charge is 0.305 e. The molecule has 0 aliphatic rings. The number of hydrogen-bond acceptors (Lipinski definition) is 5. The SMILES string of the molecule is CCCC(CC(=O)O)Nc1cc(OC)cc([N+](=O)[O-])c1. The highest BCUT2D eigenvalue weighted by molar-refractivity contribution is 5.68. The number of rotatable bonds is 8. The van der Waals surface area contributed by atoms with Crippen LogP contribution in [0.3, 0.4) is 0 Å². The van der Waals surface area contributed by atoms with E-state index in [0.717, 1.165) is 6.42 Å². The van der Waals surface area contributed by atoms with Gasteiger partial charge in [-0.2, -0.15) is 0 Å². The van der Waals surface area contributed by atoms with E-state index in [1.165, 1.54) is 19.2 Å². The molecule has 1 rings (SSSR count). The van der Waals surface area contributed by atoms with Crippen LogP contribution in [0.15, 0.2) is 18.2 Å². The van der Waals surface area contributed by atoms with Crippen molar-refractivity contribution in [3.05, 3.63) is 28.3 Å². The Kier molecular flexibility index (Phi) is 5.76. The summed E-state index contributed by atoms with van der Waals surface area (Å²) in [6.07, 6.45) is 1.44. The number of aliphatic carboxylic acids is 1. The number of nitro groups is 1. The van der Waals surface area contributed by atoms with Gasteiger partial charge in [0.1, 0.15) is 5.75 Å². The first kappa shape index (κ1) is 15.7. The van der Waals surface area contributed by atoms with Crippen molar-refractivity contribution in [3.63, 3.8) is 0 Å². The predicted octanol–water partition coefficient (Wildman–Crippen LogP) is 2.66. The summed E-state index contributed by atoms with van der Waals surface area (Å²) in [6.45, 7) is 1.95. The lowest BCUT2D eigenvalue weighted by atomic mass is 10.1. The highest BCUT2D eigenvalue weighted by Crippen LogP contribution is 2.27. The summed E-state index contributed by atoms with van der Waals surface area (Å²) in [5.41, 5.74) is 0.383. The third-order valence-electron chi connectivity index (χ3n) is 2.77. The van der Waals surface area contributed by atoms with Crippen LogP contribution in [0, 0.1) is 10.1 Å². The molecule has 0 bridgehead atoms. The van der Waals surface area contributed by atoms with Crippen LogP contribution in [0.4, 0.5) is 11.4 Å². The van der Waals surface area contributed by atoms with Crippen molar-refractivity contribution in [2.75, 3.05) is 12.4 Å². The zero-order chi connectivity index (χ0) is 15.1. The molecule has 0 saturated carbocycles. The number of methoxy groups -OCH3 is 1. The van der Waals surface area contributed by atoms with Gasteiger partial charge in [-0.3, -0.25) is 14.9 Å². The Labute approximate surface area is 116 Å². The molecule has 0 fully saturated rings. The number of anilines is 1. The van der Waals surface area contributed by atoms with E-state index in [9.17, 15) is 14.9 Å². The molecule has 0 heterocycles. The van der Waals surface area contributed by atoms with E-state index in [2.05, 4.69) is 5.32 Å². The molecule has 1 aromatic rings. The predicted molar refractivity (Wildman–Crippen MR) is 74.2 cm³/mol. The van der Waals surface area contributed by atoms with Gasteiger partial charge in [0.15, 0.2) is 0 Å². The summed E-state index contributed by atoms with van der Waals surface area (Å²) in [4.78, 5) is 21.1. The Hall–Kier alpha value is -2.31.